The largest absolute Gasteiger partial charge is 0.490 e. The Kier molecular flexibility index (Phi) is 6.22. The Balaban J connectivity index is 2.65. The first-order valence-electron chi connectivity index (χ1n) is 6.70. The molecule has 6 nitrogen and oxygen atoms in total. The minimum atomic E-state index is -1.21. The minimum absolute atomic E-state index is 0.212. The zero-order valence-electron chi connectivity index (χ0n) is 13.0. The van der Waals surface area contributed by atoms with Gasteiger partial charge >= 0.3 is 12.1 Å². The molecule has 0 fully saturated rings. The average Bonchev–Trinajstić information content (AvgIpc) is 2.33. The van der Waals surface area contributed by atoms with E-state index in [-0.39, 0.29) is 6.61 Å². The summed E-state index contributed by atoms with van der Waals surface area (Å²) in [6, 6.07) is 4.22. The van der Waals surface area contributed by atoms with E-state index in [0.29, 0.717) is 10.2 Å². The van der Waals surface area contributed by atoms with Crippen molar-refractivity contribution in [2.45, 2.75) is 39.3 Å². The fourth-order valence-corrected chi connectivity index (χ4v) is 2.13. The summed E-state index contributed by atoms with van der Waals surface area (Å²) >= 11 is 3.34. The van der Waals surface area contributed by atoms with Crippen molar-refractivity contribution in [1.29, 1.82) is 0 Å². The molecule has 22 heavy (non-hydrogen) atoms. The molecular weight excluding hydrogens is 354 g/mol. The Morgan fingerprint density at radius 1 is 1.36 bits per heavy atom. The second-order valence-corrected chi connectivity index (χ2v) is 6.64. The Morgan fingerprint density at radius 3 is 2.50 bits per heavy atom. The molecular formula is C15H20BrNO5. The summed E-state index contributed by atoms with van der Waals surface area (Å²) < 4.78 is 11.2. The van der Waals surface area contributed by atoms with Crippen LogP contribution in [0.15, 0.2) is 22.7 Å². The van der Waals surface area contributed by atoms with Crippen molar-refractivity contribution in [2.24, 2.45) is 0 Å². The molecule has 0 aliphatic rings. The van der Waals surface area contributed by atoms with Gasteiger partial charge in [-0.2, -0.15) is 0 Å². The number of nitrogens with one attached hydrogen (secondary N) is 1. The Morgan fingerprint density at radius 2 is 2.00 bits per heavy atom. The fourth-order valence-electron chi connectivity index (χ4n) is 1.52. The molecule has 2 N–H and O–H groups in total. The van der Waals surface area contributed by atoms with Crippen LogP contribution in [-0.4, -0.2) is 35.4 Å². The van der Waals surface area contributed by atoms with Gasteiger partial charge in [-0.3, -0.25) is 0 Å². The molecule has 0 heterocycles. The number of rotatable bonds is 5. The van der Waals surface area contributed by atoms with Crippen LogP contribution in [-0.2, 0) is 9.53 Å². The number of hydrogen-bond acceptors (Lipinski definition) is 4. The summed E-state index contributed by atoms with van der Waals surface area (Å²) in [5.41, 5.74) is 0.342. The molecule has 1 amide bonds. The van der Waals surface area contributed by atoms with Crippen LogP contribution in [0.1, 0.15) is 26.3 Å². The molecule has 1 aromatic rings. The van der Waals surface area contributed by atoms with E-state index in [1.54, 1.807) is 26.8 Å². The number of ether oxygens (including phenoxy) is 2. The SMILES string of the molecule is Cc1ccc(OC[C@H](NC(=O)OC(C)(C)C)C(=O)O)c(Br)c1. The molecule has 0 saturated heterocycles. The number of carbonyl (C=O) groups is 2. The molecule has 0 radical (unpaired) electrons. The number of carboxylic acids is 1. The van der Waals surface area contributed by atoms with Crippen molar-refractivity contribution >= 4 is 28.0 Å². The van der Waals surface area contributed by atoms with E-state index in [9.17, 15) is 9.59 Å². The molecule has 0 aliphatic carbocycles. The highest BCUT2D eigenvalue weighted by atomic mass is 79.9. The van der Waals surface area contributed by atoms with E-state index in [4.69, 9.17) is 14.6 Å². The number of aryl methyl sites for hydroxylation is 1. The molecule has 0 aliphatic heterocycles. The van der Waals surface area contributed by atoms with Gasteiger partial charge in [0.25, 0.3) is 0 Å². The van der Waals surface area contributed by atoms with Crippen LogP contribution < -0.4 is 10.1 Å². The topological polar surface area (TPSA) is 84.9 Å². The zero-order valence-corrected chi connectivity index (χ0v) is 14.6. The molecule has 0 aromatic heterocycles. The number of benzene rings is 1. The molecule has 0 unspecified atom stereocenters. The number of hydrogen-bond donors (Lipinski definition) is 2. The van der Waals surface area contributed by atoms with Gasteiger partial charge in [-0.25, -0.2) is 9.59 Å². The van der Waals surface area contributed by atoms with Crippen molar-refractivity contribution < 1.29 is 24.2 Å². The molecule has 1 atom stereocenters. The predicted octanol–water partition coefficient (Wildman–Crippen LogP) is 3.11. The van der Waals surface area contributed by atoms with Gasteiger partial charge < -0.3 is 19.9 Å². The van der Waals surface area contributed by atoms with E-state index < -0.39 is 23.7 Å². The summed E-state index contributed by atoms with van der Waals surface area (Å²) in [5, 5.41) is 11.4. The van der Waals surface area contributed by atoms with Crippen LogP contribution in [0.2, 0.25) is 0 Å². The Labute approximate surface area is 137 Å². The zero-order chi connectivity index (χ0) is 16.9. The van der Waals surface area contributed by atoms with Crippen molar-refractivity contribution in [1.82, 2.24) is 5.32 Å². The summed E-state index contributed by atoms with van der Waals surface area (Å²) in [4.78, 5) is 22.8. The van der Waals surface area contributed by atoms with Crippen molar-refractivity contribution in [3.63, 3.8) is 0 Å². The maximum Gasteiger partial charge on any atom is 0.408 e. The molecule has 122 valence electrons. The lowest BCUT2D eigenvalue weighted by atomic mass is 10.2. The maximum atomic E-state index is 11.6. The maximum absolute atomic E-state index is 11.6. The third kappa shape index (κ3) is 6.34. The lowest BCUT2D eigenvalue weighted by Gasteiger charge is -2.22. The molecule has 1 aromatic carbocycles. The summed E-state index contributed by atoms with van der Waals surface area (Å²) in [5.74, 6) is -0.697. The third-order valence-corrected chi connectivity index (χ3v) is 3.10. The summed E-state index contributed by atoms with van der Waals surface area (Å²) in [6.07, 6.45) is -0.800. The number of carboxylic acid groups (broad SMARTS) is 1. The van der Waals surface area contributed by atoms with Crippen LogP contribution in [0.25, 0.3) is 0 Å². The molecule has 0 bridgehead atoms. The van der Waals surface area contributed by atoms with Gasteiger partial charge in [0.1, 0.15) is 18.0 Å². The highest BCUT2D eigenvalue weighted by Crippen LogP contribution is 2.25. The predicted molar refractivity (Wildman–Crippen MR) is 85.2 cm³/mol. The first-order valence-corrected chi connectivity index (χ1v) is 7.49. The highest BCUT2D eigenvalue weighted by molar-refractivity contribution is 9.10. The van der Waals surface area contributed by atoms with Crippen LogP contribution in [0.5, 0.6) is 5.75 Å². The third-order valence-electron chi connectivity index (χ3n) is 2.48. The fraction of sp³-hybridized carbons (Fsp3) is 0.467. The first-order chi connectivity index (χ1) is 10.1. The lowest BCUT2D eigenvalue weighted by Crippen LogP contribution is -2.46. The van der Waals surface area contributed by atoms with E-state index >= 15 is 0 Å². The van der Waals surface area contributed by atoms with Crippen molar-refractivity contribution in [3.8, 4) is 5.75 Å². The van der Waals surface area contributed by atoms with Crippen LogP contribution in [0.4, 0.5) is 4.79 Å². The van der Waals surface area contributed by atoms with E-state index in [1.807, 2.05) is 19.1 Å². The van der Waals surface area contributed by atoms with Crippen LogP contribution in [0.3, 0.4) is 0 Å². The lowest BCUT2D eigenvalue weighted by molar-refractivity contribution is -0.140. The molecule has 7 heteroatoms. The van der Waals surface area contributed by atoms with E-state index in [1.165, 1.54) is 0 Å². The summed E-state index contributed by atoms with van der Waals surface area (Å²) in [7, 11) is 0. The quantitative estimate of drug-likeness (QED) is 0.827. The van der Waals surface area contributed by atoms with Gasteiger partial charge in [0, 0.05) is 0 Å². The highest BCUT2D eigenvalue weighted by Gasteiger charge is 2.24. The standard InChI is InChI=1S/C15H20BrNO5/c1-9-5-6-12(10(16)7-9)21-8-11(13(18)19)17-14(20)22-15(2,3)4/h5-7,11H,8H2,1-4H3,(H,17,20)(H,18,19)/t11-/m0/s1. The van der Waals surface area contributed by atoms with Gasteiger partial charge in [0.2, 0.25) is 0 Å². The van der Waals surface area contributed by atoms with Gasteiger partial charge in [-0.05, 0) is 61.3 Å². The van der Waals surface area contributed by atoms with Crippen molar-refractivity contribution in [2.75, 3.05) is 6.61 Å². The van der Waals surface area contributed by atoms with E-state index in [0.717, 1.165) is 5.56 Å². The molecule has 0 saturated carbocycles. The second-order valence-electron chi connectivity index (χ2n) is 5.78. The number of carbonyl (C=O) groups excluding carboxylic acids is 1. The number of alkyl carbamates (subject to hydrolysis) is 1. The first kappa shape index (κ1) is 18.3. The van der Waals surface area contributed by atoms with Crippen LogP contribution >= 0.6 is 15.9 Å². The Hall–Kier alpha value is -1.76. The van der Waals surface area contributed by atoms with Gasteiger partial charge in [-0.15, -0.1) is 0 Å². The number of amides is 1. The smallest absolute Gasteiger partial charge is 0.408 e. The minimum Gasteiger partial charge on any atom is -0.490 e. The molecule has 1 rings (SSSR count). The number of halogens is 1. The van der Waals surface area contributed by atoms with E-state index in [2.05, 4.69) is 21.2 Å². The van der Waals surface area contributed by atoms with Crippen molar-refractivity contribution in [3.05, 3.63) is 28.2 Å². The Bertz CT molecular complexity index is 553. The second kappa shape index (κ2) is 7.49. The van der Waals surface area contributed by atoms with Gasteiger partial charge in [-0.1, -0.05) is 6.07 Å². The summed E-state index contributed by atoms with van der Waals surface area (Å²) in [6.45, 7) is 6.81. The molecule has 0 spiro atoms. The average molecular weight is 374 g/mol. The van der Waals surface area contributed by atoms with Gasteiger partial charge in [0.05, 0.1) is 4.47 Å². The normalized spacial score (nSPS) is 12.4. The van der Waals surface area contributed by atoms with Gasteiger partial charge in [0.15, 0.2) is 6.04 Å². The number of aliphatic carboxylic acids is 1. The van der Waals surface area contributed by atoms with Crippen LogP contribution in [0, 0.1) is 6.92 Å². The monoisotopic (exact) mass is 373 g/mol.